The fraction of sp³-hybridized carbons (Fsp3) is 0.182. The number of carbonyl (C=O) groups excluding carboxylic acids is 1. The van der Waals surface area contributed by atoms with Crippen LogP contribution >= 0.6 is 0 Å². The summed E-state index contributed by atoms with van der Waals surface area (Å²) in [5.74, 6) is 0.861. The Bertz CT molecular complexity index is 1250. The minimum Gasteiger partial charge on any atom is -0.378 e. The van der Waals surface area contributed by atoms with Crippen molar-refractivity contribution in [3.05, 3.63) is 60.5 Å². The smallest absolute Gasteiger partial charge is 0.323 e. The molecule has 9 nitrogen and oxygen atoms in total. The number of hydrogen-bond donors (Lipinski definition) is 3. The van der Waals surface area contributed by atoms with Crippen LogP contribution in [0.2, 0.25) is 0 Å². The number of anilines is 3. The zero-order valence-corrected chi connectivity index (χ0v) is 17.0. The Morgan fingerprint density at radius 2 is 1.81 bits per heavy atom. The van der Waals surface area contributed by atoms with E-state index in [0.29, 0.717) is 30.4 Å². The molecule has 0 saturated carbocycles. The number of urea groups is 1. The molecule has 0 bridgehead atoms. The Hall–Kier alpha value is -4.05. The molecule has 0 atom stereocenters. The van der Waals surface area contributed by atoms with Crippen molar-refractivity contribution < 1.29 is 13.9 Å². The molecule has 5 rings (SSSR count). The standard InChI is InChI=1S/C22H20FN7O2/c23-17-3-1-2-4-18(17)26-22(31)25-15-7-5-14(6-8-15)19-27-20-16(13-24-29-20)21(28-19)30-9-11-32-12-10-30/h1-8,13H,9-12H2,(H2,25,26,31)(H,24,27,28,29). The van der Waals surface area contributed by atoms with Crippen LogP contribution < -0.4 is 15.5 Å². The molecule has 2 aromatic heterocycles. The third kappa shape index (κ3) is 4.08. The maximum Gasteiger partial charge on any atom is 0.323 e. The van der Waals surface area contributed by atoms with E-state index in [2.05, 4.69) is 30.7 Å². The molecular weight excluding hydrogens is 413 g/mol. The van der Waals surface area contributed by atoms with Crippen LogP contribution in [0.15, 0.2) is 54.7 Å². The number of hydrogen-bond acceptors (Lipinski definition) is 6. The van der Waals surface area contributed by atoms with E-state index in [9.17, 15) is 9.18 Å². The average Bonchev–Trinajstić information content (AvgIpc) is 3.30. The number of carbonyl (C=O) groups is 1. The number of fused-ring (bicyclic) bond motifs is 1. The van der Waals surface area contributed by atoms with Crippen LogP contribution in [-0.4, -0.2) is 52.5 Å². The van der Waals surface area contributed by atoms with E-state index in [1.54, 1.807) is 30.5 Å². The lowest BCUT2D eigenvalue weighted by Crippen LogP contribution is -2.37. The number of halogens is 1. The summed E-state index contributed by atoms with van der Waals surface area (Å²) < 4.78 is 19.2. The molecule has 162 valence electrons. The van der Waals surface area contributed by atoms with Gasteiger partial charge in [-0.2, -0.15) is 5.10 Å². The van der Waals surface area contributed by atoms with Crippen LogP contribution in [0.25, 0.3) is 22.4 Å². The molecular formula is C22H20FN7O2. The Labute approximate surface area is 182 Å². The predicted molar refractivity (Wildman–Crippen MR) is 119 cm³/mol. The van der Waals surface area contributed by atoms with Crippen molar-refractivity contribution in [2.75, 3.05) is 41.8 Å². The van der Waals surface area contributed by atoms with E-state index in [0.717, 1.165) is 29.9 Å². The highest BCUT2D eigenvalue weighted by molar-refractivity contribution is 6.00. The molecule has 0 unspecified atom stereocenters. The van der Waals surface area contributed by atoms with Crippen LogP contribution in [0.3, 0.4) is 0 Å². The minimum absolute atomic E-state index is 0.110. The number of para-hydroxylation sites is 1. The third-order valence-electron chi connectivity index (χ3n) is 5.12. The second-order valence-corrected chi connectivity index (χ2v) is 7.24. The van der Waals surface area contributed by atoms with Crippen molar-refractivity contribution in [3.63, 3.8) is 0 Å². The van der Waals surface area contributed by atoms with E-state index in [4.69, 9.17) is 9.72 Å². The van der Waals surface area contributed by atoms with Crippen molar-refractivity contribution in [3.8, 4) is 11.4 Å². The lowest BCUT2D eigenvalue weighted by Gasteiger charge is -2.28. The maximum atomic E-state index is 13.7. The SMILES string of the molecule is O=C(Nc1ccc(-c2nc(N3CCOCC3)c3cn[nH]c3n2)cc1)Nc1ccccc1F. The monoisotopic (exact) mass is 433 g/mol. The summed E-state index contributed by atoms with van der Waals surface area (Å²) in [4.78, 5) is 23.7. The molecule has 1 fully saturated rings. The topological polar surface area (TPSA) is 108 Å². The number of nitrogens with zero attached hydrogens (tertiary/aromatic N) is 4. The van der Waals surface area contributed by atoms with E-state index >= 15 is 0 Å². The Balaban J connectivity index is 1.35. The zero-order valence-electron chi connectivity index (χ0n) is 17.0. The van der Waals surface area contributed by atoms with Gasteiger partial charge in [0.1, 0.15) is 11.6 Å². The summed E-state index contributed by atoms with van der Waals surface area (Å²) in [5.41, 5.74) is 2.11. The van der Waals surface area contributed by atoms with Gasteiger partial charge in [0, 0.05) is 24.3 Å². The first-order valence-corrected chi connectivity index (χ1v) is 10.1. The van der Waals surface area contributed by atoms with Gasteiger partial charge < -0.3 is 20.3 Å². The molecule has 4 aromatic rings. The van der Waals surface area contributed by atoms with Gasteiger partial charge >= 0.3 is 6.03 Å². The van der Waals surface area contributed by atoms with Gasteiger partial charge in [0.25, 0.3) is 0 Å². The molecule has 1 saturated heterocycles. The maximum absolute atomic E-state index is 13.7. The highest BCUT2D eigenvalue weighted by atomic mass is 19.1. The number of aromatic nitrogens is 4. The van der Waals surface area contributed by atoms with Crippen molar-refractivity contribution >= 4 is 34.3 Å². The lowest BCUT2D eigenvalue weighted by molar-refractivity contribution is 0.122. The van der Waals surface area contributed by atoms with Crippen molar-refractivity contribution in [1.82, 2.24) is 20.2 Å². The van der Waals surface area contributed by atoms with Gasteiger partial charge in [-0.1, -0.05) is 12.1 Å². The number of morpholine rings is 1. The molecule has 1 aliphatic rings. The quantitative estimate of drug-likeness (QED) is 0.454. The van der Waals surface area contributed by atoms with Crippen molar-refractivity contribution in [2.45, 2.75) is 0 Å². The number of ether oxygens (including phenoxy) is 1. The fourth-order valence-electron chi connectivity index (χ4n) is 3.51. The zero-order chi connectivity index (χ0) is 21.9. The number of benzene rings is 2. The van der Waals surface area contributed by atoms with Crippen LogP contribution in [-0.2, 0) is 4.74 Å². The first-order chi connectivity index (χ1) is 15.7. The van der Waals surface area contributed by atoms with E-state index < -0.39 is 11.8 Å². The summed E-state index contributed by atoms with van der Waals surface area (Å²) in [6.45, 7) is 2.79. The molecule has 32 heavy (non-hydrogen) atoms. The van der Waals surface area contributed by atoms with Gasteiger partial charge in [-0.25, -0.2) is 19.2 Å². The van der Waals surface area contributed by atoms with Gasteiger partial charge in [0.15, 0.2) is 11.5 Å². The largest absolute Gasteiger partial charge is 0.378 e. The summed E-state index contributed by atoms with van der Waals surface area (Å²) in [6.07, 6.45) is 1.73. The van der Waals surface area contributed by atoms with Crippen LogP contribution in [0.1, 0.15) is 0 Å². The molecule has 2 aromatic carbocycles. The van der Waals surface area contributed by atoms with Crippen molar-refractivity contribution in [1.29, 1.82) is 0 Å². The third-order valence-corrected chi connectivity index (χ3v) is 5.12. The van der Waals surface area contributed by atoms with Crippen molar-refractivity contribution in [2.24, 2.45) is 0 Å². The molecule has 1 aliphatic heterocycles. The number of H-pyrrole nitrogens is 1. The lowest BCUT2D eigenvalue weighted by atomic mass is 10.2. The number of aromatic amines is 1. The van der Waals surface area contributed by atoms with Gasteiger partial charge in [-0.3, -0.25) is 5.10 Å². The van der Waals surface area contributed by atoms with Gasteiger partial charge in [0.2, 0.25) is 0 Å². The average molecular weight is 433 g/mol. The van der Waals surface area contributed by atoms with Crippen LogP contribution in [0, 0.1) is 5.82 Å². The number of rotatable bonds is 4. The normalized spacial score (nSPS) is 13.8. The molecule has 2 amide bonds. The summed E-state index contributed by atoms with van der Waals surface area (Å²) in [6, 6.07) is 12.6. The first kappa shape index (κ1) is 19.9. The summed E-state index contributed by atoms with van der Waals surface area (Å²) >= 11 is 0. The molecule has 3 heterocycles. The highest BCUT2D eigenvalue weighted by Crippen LogP contribution is 2.27. The highest BCUT2D eigenvalue weighted by Gasteiger charge is 2.19. The van der Waals surface area contributed by atoms with Gasteiger partial charge in [-0.15, -0.1) is 0 Å². The van der Waals surface area contributed by atoms with Crippen LogP contribution in [0.5, 0.6) is 0 Å². The molecule has 0 spiro atoms. The molecule has 0 radical (unpaired) electrons. The van der Waals surface area contributed by atoms with E-state index in [1.807, 2.05) is 12.1 Å². The Morgan fingerprint density at radius 3 is 2.59 bits per heavy atom. The van der Waals surface area contributed by atoms with E-state index in [-0.39, 0.29) is 5.69 Å². The van der Waals surface area contributed by atoms with Crippen LogP contribution in [0.4, 0.5) is 26.4 Å². The number of amides is 2. The Kier molecular flexibility index (Phi) is 5.34. The Morgan fingerprint density at radius 1 is 1.03 bits per heavy atom. The summed E-state index contributed by atoms with van der Waals surface area (Å²) in [7, 11) is 0. The predicted octanol–water partition coefficient (Wildman–Crippen LogP) is 3.64. The first-order valence-electron chi connectivity index (χ1n) is 10.1. The molecule has 0 aliphatic carbocycles. The van der Waals surface area contributed by atoms with E-state index in [1.165, 1.54) is 12.1 Å². The minimum atomic E-state index is -0.535. The van der Waals surface area contributed by atoms with Gasteiger partial charge in [-0.05, 0) is 36.4 Å². The summed E-state index contributed by atoms with van der Waals surface area (Å²) in [5, 5.41) is 13.1. The molecule has 3 N–H and O–H groups in total. The second-order valence-electron chi connectivity index (χ2n) is 7.24. The van der Waals surface area contributed by atoms with Gasteiger partial charge in [0.05, 0.1) is 30.5 Å². The second kappa shape index (κ2) is 8.60. The molecule has 10 heteroatoms. The fourth-order valence-corrected chi connectivity index (χ4v) is 3.51. The number of nitrogens with one attached hydrogen (secondary N) is 3.